The van der Waals surface area contributed by atoms with Gasteiger partial charge in [-0.05, 0) is 12.8 Å². The Kier molecular flexibility index (Phi) is 3.16. The normalized spacial score (nSPS) is 28.4. The van der Waals surface area contributed by atoms with E-state index in [0.29, 0.717) is 0 Å². The van der Waals surface area contributed by atoms with Gasteiger partial charge in [0, 0.05) is 19.7 Å². The average Bonchev–Trinajstić information content (AvgIpc) is 2.08. The van der Waals surface area contributed by atoms with Gasteiger partial charge in [0.05, 0.1) is 5.60 Å². The summed E-state index contributed by atoms with van der Waals surface area (Å²) in [6.45, 7) is 3.17. The second-order valence-corrected chi connectivity index (χ2v) is 3.45. The van der Waals surface area contributed by atoms with Gasteiger partial charge in [-0.1, -0.05) is 12.8 Å². The van der Waals surface area contributed by atoms with Crippen LogP contribution in [0.2, 0.25) is 0 Å². The van der Waals surface area contributed by atoms with Crippen molar-refractivity contribution in [3.63, 3.8) is 0 Å². The van der Waals surface area contributed by atoms with Crippen LogP contribution >= 0.6 is 12.4 Å². The van der Waals surface area contributed by atoms with E-state index < -0.39 is 0 Å². The van der Waals surface area contributed by atoms with Crippen molar-refractivity contribution in [2.75, 3.05) is 19.7 Å². The van der Waals surface area contributed by atoms with Crippen molar-refractivity contribution in [1.82, 2.24) is 5.32 Å². The Balaban J connectivity index is 0.000000605. The highest BCUT2D eigenvalue weighted by molar-refractivity contribution is 5.85. The van der Waals surface area contributed by atoms with E-state index in [1.165, 1.54) is 25.7 Å². The van der Waals surface area contributed by atoms with Crippen LogP contribution in [0.5, 0.6) is 0 Å². The molecule has 11 heavy (non-hydrogen) atoms. The predicted octanol–water partition coefficient (Wildman–Crippen LogP) is 1.34. The van der Waals surface area contributed by atoms with E-state index in [4.69, 9.17) is 4.74 Å². The first kappa shape index (κ1) is 9.30. The Hall–Kier alpha value is 0.210. The molecule has 3 heteroatoms. The van der Waals surface area contributed by atoms with Gasteiger partial charge < -0.3 is 10.1 Å². The van der Waals surface area contributed by atoms with Crippen LogP contribution in [-0.4, -0.2) is 25.3 Å². The summed E-state index contributed by atoms with van der Waals surface area (Å²) < 4.78 is 5.76. The minimum atomic E-state index is 0. The summed E-state index contributed by atoms with van der Waals surface area (Å²) in [5.41, 5.74) is 0.274. The van der Waals surface area contributed by atoms with Crippen LogP contribution in [0.15, 0.2) is 0 Å². The molecule has 0 radical (unpaired) electrons. The van der Waals surface area contributed by atoms with Gasteiger partial charge in [-0.15, -0.1) is 12.4 Å². The summed E-state index contributed by atoms with van der Waals surface area (Å²) in [5.74, 6) is 0. The van der Waals surface area contributed by atoms with Crippen molar-refractivity contribution in [3.05, 3.63) is 0 Å². The van der Waals surface area contributed by atoms with E-state index >= 15 is 0 Å². The predicted molar refractivity (Wildman–Crippen MR) is 47.3 cm³/mol. The number of hydrogen-bond acceptors (Lipinski definition) is 2. The molecule has 0 amide bonds. The Morgan fingerprint density at radius 3 is 2.55 bits per heavy atom. The van der Waals surface area contributed by atoms with Gasteiger partial charge in [-0.25, -0.2) is 0 Å². The van der Waals surface area contributed by atoms with Crippen molar-refractivity contribution >= 4 is 12.4 Å². The standard InChI is InChI=1S/C8H15NO.ClH/c1-2-4-8(6-9-7-8)10-5-3-1;/h9H,1-7H2;1H. The molecule has 2 heterocycles. The van der Waals surface area contributed by atoms with Crippen LogP contribution in [0, 0.1) is 0 Å². The highest BCUT2D eigenvalue weighted by Crippen LogP contribution is 2.27. The minimum Gasteiger partial charge on any atom is -0.372 e. The van der Waals surface area contributed by atoms with Gasteiger partial charge in [-0.3, -0.25) is 0 Å². The third-order valence-electron chi connectivity index (χ3n) is 2.58. The Morgan fingerprint density at radius 1 is 1.09 bits per heavy atom. The van der Waals surface area contributed by atoms with Gasteiger partial charge in [0.15, 0.2) is 0 Å². The maximum absolute atomic E-state index is 5.76. The van der Waals surface area contributed by atoms with Gasteiger partial charge in [0.2, 0.25) is 0 Å². The fourth-order valence-corrected chi connectivity index (χ4v) is 1.77. The molecule has 2 aliphatic rings. The van der Waals surface area contributed by atoms with Gasteiger partial charge in [-0.2, -0.15) is 0 Å². The topological polar surface area (TPSA) is 21.3 Å². The fraction of sp³-hybridized carbons (Fsp3) is 1.00. The maximum atomic E-state index is 5.76. The summed E-state index contributed by atoms with van der Waals surface area (Å²) in [6, 6.07) is 0. The molecular weight excluding hydrogens is 162 g/mol. The molecule has 2 nitrogen and oxygen atoms in total. The molecule has 66 valence electrons. The minimum absolute atomic E-state index is 0. The molecule has 0 bridgehead atoms. The molecule has 0 aromatic heterocycles. The highest BCUT2D eigenvalue weighted by Gasteiger charge is 2.37. The average molecular weight is 178 g/mol. The van der Waals surface area contributed by atoms with E-state index in [2.05, 4.69) is 5.32 Å². The van der Waals surface area contributed by atoms with Gasteiger partial charge in [0.25, 0.3) is 0 Å². The molecule has 2 aliphatic heterocycles. The first-order valence-electron chi connectivity index (χ1n) is 4.26. The van der Waals surface area contributed by atoms with Crippen LogP contribution in [0.4, 0.5) is 0 Å². The molecule has 2 rings (SSSR count). The third-order valence-corrected chi connectivity index (χ3v) is 2.58. The summed E-state index contributed by atoms with van der Waals surface area (Å²) >= 11 is 0. The van der Waals surface area contributed by atoms with Gasteiger partial charge >= 0.3 is 0 Å². The van der Waals surface area contributed by atoms with E-state index in [-0.39, 0.29) is 18.0 Å². The summed E-state index contributed by atoms with van der Waals surface area (Å²) in [5, 5.41) is 3.27. The summed E-state index contributed by atoms with van der Waals surface area (Å²) in [6.07, 6.45) is 5.27. The molecule has 2 fully saturated rings. The molecule has 1 spiro atoms. The largest absolute Gasteiger partial charge is 0.372 e. The lowest BCUT2D eigenvalue weighted by Crippen LogP contribution is -2.60. The molecule has 0 aliphatic carbocycles. The van der Waals surface area contributed by atoms with Crippen LogP contribution in [-0.2, 0) is 4.74 Å². The van der Waals surface area contributed by atoms with E-state index in [0.717, 1.165) is 19.7 Å². The van der Waals surface area contributed by atoms with Crippen molar-refractivity contribution in [2.24, 2.45) is 0 Å². The first-order valence-corrected chi connectivity index (χ1v) is 4.26. The number of ether oxygens (including phenoxy) is 1. The molecule has 2 saturated heterocycles. The van der Waals surface area contributed by atoms with Crippen molar-refractivity contribution in [2.45, 2.75) is 31.3 Å². The fourth-order valence-electron chi connectivity index (χ4n) is 1.77. The molecule has 0 unspecified atom stereocenters. The van der Waals surface area contributed by atoms with Gasteiger partial charge in [0.1, 0.15) is 0 Å². The van der Waals surface area contributed by atoms with Crippen molar-refractivity contribution < 1.29 is 4.74 Å². The van der Waals surface area contributed by atoms with E-state index in [9.17, 15) is 0 Å². The lowest BCUT2D eigenvalue weighted by Gasteiger charge is -2.41. The Morgan fingerprint density at radius 2 is 1.91 bits per heavy atom. The third kappa shape index (κ3) is 1.86. The smallest absolute Gasteiger partial charge is 0.0929 e. The SMILES string of the molecule is C1CCOC2(CC1)CNC2.Cl. The number of hydrogen-bond donors (Lipinski definition) is 1. The second-order valence-electron chi connectivity index (χ2n) is 3.45. The van der Waals surface area contributed by atoms with Crippen LogP contribution < -0.4 is 5.32 Å². The number of nitrogens with one attached hydrogen (secondary N) is 1. The van der Waals surface area contributed by atoms with Crippen LogP contribution in [0.3, 0.4) is 0 Å². The highest BCUT2D eigenvalue weighted by atomic mass is 35.5. The zero-order chi connectivity index (χ0) is 6.86. The molecule has 0 aromatic rings. The molecule has 0 atom stereocenters. The Bertz CT molecular complexity index is 115. The lowest BCUT2D eigenvalue weighted by molar-refractivity contribution is -0.0777. The summed E-state index contributed by atoms with van der Waals surface area (Å²) in [4.78, 5) is 0. The number of halogens is 1. The quantitative estimate of drug-likeness (QED) is 0.603. The summed E-state index contributed by atoms with van der Waals surface area (Å²) in [7, 11) is 0. The second kappa shape index (κ2) is 3.74. The molecule has 0 saturated carbocycles. The molecular formula is C8H16ClNO. The van der Waals surface area contributed by atoms with Crippen LogP contribution in [0.25, 0.3) is 0 Å². The van der Waals surface area contributed by atoms with E-state index in [1.54, 1.807) is 0 Å². The van der Waals surface area contributed by atoms with Crippen molar-refractivity contribution in [1.29, 1.82) is 0 Å². The zero-order valence-corrected chi connectivity index (χ0v) is 7.58. The van der Waals surface area contributed by atoms with E-state index in [1.807, 2.05) is 0 Å². The number of rotatable bonds is 0. The van der Waals surface area contributed by atoms with Crippen molar-refractivity contribution in [3.8, 4) is 0 Å². The molecule has 0 aromatic carbocycles. The Labute approximate surface area is 74.1 Å². The first-order chi connectivity index (χ1) is 4.91. The maximum Gasteiger partial charge on any atom is 0.0929 e. The lowest BCUT2D eigenvalue weighted by atomic mass is 9.91. The monoisotopic (exact) mass is 177 g/mol. The van der Waals surface area contributed by atoms with Crippen LogP contribution in [0.1, 0.15) is 25.7 Å². The molecule has 1 N–H and O–H groups in total. The zero-order valence-electron chi connectivity index (χ0n) is 6.77.